The van der Waals surface area contributed by atoms with E-state index in [0.717, 1.165) is 0 Å². The number of hydrogen-bond acceptors (Lipinski definition) is 3. The maximum Gasteiger partial charge on any atom is 0.334 e. The van der Waals surface area contributed by atoms with Crippen LogP contribution in [0.15, 0.2) is 30.3 Å². The maximum absolute atomic E-state index is 11.6. The van der Waals surface area contributed by atoms with Gasteiger partial charge >= 0.3 is 5.97 Å². The SMILES string of the molecule is CC(NC(=O)c1ccccc1)C(O)C(=O)O. The summed E-state index contributed by atoms with van der Waals surface area (Å²) in [6, 6.07) is 7.54. The second kappa shape index (κ2) is 5.27. The van der Waals surface area contributed by atoms with Gasteiger partial charge in [0.2, 0.25) is 0 Å². The van der Waals surface area contributed by atoms with Crippen molar-refractivity contribution in [3.63, 3.8) is 0 Å². The summed E-state index contributed by atoms with van der Waals surface area (Å²) in [5.74, 6) is -1.77. The maximum atomic E-state index is 11.6. The first-order valence-electron chi connectivity index (χ1n) is 4.79. The van der Waals surface area contributed by atoms with Crippen molar-refractivity contribution in [1.29, 1.82) is 0 Å². The average molecular weight is 223 g/mol. The summed E-state index contributed by atoms with van der Waals surface area (Å²) in [6.45, 7) is 1.43. The quantitative estimate of drug-likeness (QED) is 0.683. The number of carboxylic acid groups (broad SMARTS) is 1. The van der Waals surface area contributed by atoms with Crippen LogP contribution in [0.1, 0.15) is 17.3 Å². The van der Waals surface area contributed by atoms with E-state index in [2.05, 4.69) is 5.32 Å². The highest BCUT2D eigenvalue weighted by Gasteiger charge is 2.23. The molecule has 1 aromatic carbocycles. The van der Waals surface area contributed by atoms with Gasteiger partial charge in [-0.2, -0.15) is 0 Å². The van der Waals surface area contributed by atoms with Gasteiger partial charge in [0.15, 0.2) is 6.10 Å². The number of benzene rings is 1. The number of carbonyl (C=O) groups excluding carboxylic acids is 1. The zero-order valence-electron chi connectivity index (χ0n) is 8.75. The van der Waals surface area contributed by atoms with E-state index in [9.17, 15) is 14.7 Å². The van der Waals surface area contributed by atoms with Crippen molar-refractivity contribution in [2.45, 2.75) is 19.1 Å². The van der Waals surface area contributed by atoms with Crippen LogP contribution in [0.5, 0.6) is 0 Å². The number of carbonyl (C=O) groups is 2. The van der Waals surface area contributed by atoms with Gasteiger partial charge in [0, 0.05) is 5.56 Å². The first kappa shape index (κ1) is 12.2. The zero-order chi connectivity index (χ0) is 12.1. The Bertz CT molecular complexity index is 377. The molecule has 0 aliphatic rings. The molecule has 5 nitrogen and oxygen atoms in total. The number of amides is 1. The van der Waals surface area contributed by atoms with Crippen LogP contribution in [-0.4, -0.2) is 34.2 Å². The predicted octanol–water partition coefficient (Wildman–Crippen LogP) is 0.250. The molecule has 0 aliphatic carbocycles. The van der Waals surface area contributed by atoms with Gasteiger partial charge in [-0.25, -0.2) is 4.79 Å². The number of carboxylic acids is 1. The molecule has 0 bridgehead atoms. The molecule has 0 spiro atoms. The average Bonchev–Trinajstić information content (AvgIpc) is 2.28. The standard InChI is InChI=1S/C11H13NO4/c1-7(9(13)11(15)16)12-10(14)8-5-3-2-4-6-8/h2-7,9,13H,1H3,(H,12,14)(H,15,16). The van der Waals surface area contributed by atoms with Crippen LogP contribution in [0.25, 0.3) is 0 Å². The minimum atomic E-state index is -1.60. The molecule has 0 saturated heterocycles. The lowest BCUT2D eigenvalue weighted by molar-refractivity contribution is -0.147. The highest BCUT2D eigenvalue weighted by molar-refractivity contribution is 5.94. The van der Waals surface area contributed by atoms with Crippen molar-refractivity contribution in [2.75, 3.05) is 0 Å². The van der Waals surface area contributed by atoms with E-state index in [1.165, 1.54) is 6.92 Å². The Hall–Kier alpha value is -1.88. The highest BCUT2D eigenvalue weighted by atomic mass is 16.4. The lowest BCUT2D eigenvalue weighted by Crippen LogP contribution is -2.44. The minimum absolute atomic E-state index is 0.409. The molecule has 2 atom stereocenters. The monoisotopic (exact) mass is 223 g/mol. The van der Waals surface area contributed by atoms with Crippen molar-refractivity contribution in [3.8, 4) is 0 Å². The van der Waals surface area contributed by atoms with Gasteiger partial charge in [0.25, 0.3) is 5.91 Å². The van der Waals surface area contributed by atoms with E-state index < -0.39 is 24.0 Å². The van der Waals surface area contributed by atoms with Crippen molar-refractivity contribution < 1.29 is 19.8 Å². The van der Waals surface area contributed by atoms with E-state index in [1.54, 1.807) is 30.3 Å². The Morgan fingerprint density at radius 2 is 1.81 bits per heavy atom. The van der Waals surface area contributed by atoms with Crippen molar-refractivity contribution in [2.24, 2.45) is 0 Å². The van der Waals surface area contributed by atoms with E-state index >= 15 is 0 Å². The molecule has 0 fully saturated rings. The van der Waals surface area contributed by atoms with E-state index in [4.69, 9.17) is 5.11 Å². The highest BCUT2D eigenvalue weighted by Crippen LogP contribution is 2.00. The Balaban J connectivity index is 2.62. The summed E-state index contributed by atoms with van der Waals surface area (Å²) in [7, 11) is 0. The summed E-state index contributed by atoms with van der Waals surface area (Å²) in [4.78, 5) is 22.0. The zero-order valence-corrected chi connectivity index (χ0v) is 8.75. The summed E-state index contributed by atoms with van der Waals surface area (Å²) >= 11 is 0. The lowest BCUT2D eigenvalue weighted by atomic mass is 10.1. The molecule has 0 aromatic heterocycles. The number of rotatable bonds is 4. The number of aliphatic hydroxyl groups excluding tert-OH is 1. The Morgan fingerprint density at radius 1 is 1.25 bits per heavy atom. The van der Waals surface area contributed by atoms with Crippen LogP contribution >= 0.6 is 0 Å². The predicted molar refractivity (Wildman–Crippen MR) is 57.0 cm³/mol. The molecular formula is C11H13NO4. The molecule has 0 aliphatic heterocycles. The fourth-order valence-electron chi connectivity index (χ4n) is 1.17. The normalized spacial score (nSPS) is 13.9. The van der Waals surface area contributed by atoms with Crippen LogP contribution in [0.4, 0.5) is 0 Å². The van der Waals surface area contributed by atoms with Crippen molar-refractivity contribution >= 4 is 11.9 Å². The molecule has 5 heteroatoms. The third-order valence-electron chi connectivity index (χ3n) is 2.12. The smallest absolute Gasteiger partial charge is 0.334 e. The van der Waals surface area contributed by atoms with Gasteiger partial charge in [-0.15, -0.1) is 0 Å². The molecule has 0 heterocycles. The largest absolute Gasteiger partial charge is 0.479 e. The molecule has 1 rings (SSSR count). The molecule has 2 unspecified atom stereocenters. The molecule has 16 heavy (non-hydrogen) atoms. The fraction of sp³-hybridized carbons (Fsp3) is 0.273. The summed E-state index contributed by atoms with van der Waals surface area (Å²) in [6.07, 6.45) is -1.60. The Morgan fingerprint density at radius 3 is 2.31 bits per heavy atom. The van der Waals surface area contributed by atoms with Gasteiger partial charge in [-0.1, -0.05) is 18.2 Å². The van der Waals surface area contributed by atoms with Crippen LogP contribution in [0.2, 0.25) is 0 Å². The molecule has 86 valence electrons. The van der Waals surface area contributed by atoms with Gasteiger partial charge < -0.3 is 15.5 Å². The summed E-state index contributed by atoms with van der Waals surface area (Å²) in [5, 5.41) is 20.1. The number of nitrogens with one attached hydrogen (secondary N) is 1. The lowest BCUT2D eigenvalue weighted by Gasteiger charge is -2.16. The third-order valence-corrected chi connectivity index (χ3v) is 2.12. The summed E-state index contributed by atoms with van der Waals surface area (Å²) in [5.41, 5.74) is 0.423. The molecular weight excluding hydrogens is 210 g/mol. The van der Waals surface area contributed by atoms with Crippen LogP contribution in [0.3, 0.4) is 0 Å². The second-order valence-electron chi connectivity index (χ2n) is 3.41. The van der Waals surface area contributed by atoms with Crippen LogP contribution in [-0.2, 0) is 4.79 Å². The molecule has 0 saturated carbocycles. The van der Waals surface area contributed by atoms with Gasteiger partial charge in [-0.05, 0) is 19.1 Å². The first-order chi connectivity index (χ1) is 7.52. The van der Waals surface area contributed by atoms with E-state index in [0.29, 0.717) is 5.56 Å². The second-order valence-corrected chi connectivity index (χ2v) is 3.41. The third kappa shape index (κ3) is 3.06. The number of hydrogen-bond donors (Lipinski definition) is 3. The topological polar surface area (TPSA) is 86.6 Å². The van der Waals surface area contributed by atoms with Crippen molar-refractivity contribution in [3.05, 3.63) is 35.9 Å². The first-order valence-corrected chi connectivity index (χ1v) is 4.79. The molecule has 0 radical (unpaired) electrons. The summed E-state index contributed by atoms with van der Waals surface area (Å²) < 4.78 is 0. The Kier molecular flexibility index (Phi) is 4.02. The number of aliphatic hydroxyl groups is 1. The van der Waals surface area contributed by atoms with E-state index in [-0.39, 0.29) is 0 Å². The molecule has 1 aromatic rings. The minimum Gasteiger partial charge on any atom is -0.479 e. The fourth-order valence-corrected chi connectivity index (χ4v) is 1.17. The number of aliphatic carboxylic acids is 1. The van der Waals surface area contributed by atoms with Gasteiger partial charge in [0.05, 0.1) is 6.04 Å². The van der Waals surface area contributed by atoms with Gasteiger partial charge in [0.1, 0.15) is 0 Å². The van der Waals surface area contributed by atoms with E-state index in [1.807, 2.05) is 0 Å². The van der Waals surface area contributed by atoms with Crippen LogP contribution < -0.4 is 5.32 Å². The molecule has 1 amide bonds. The van der Waals surface area contributed by atoms with Crippen molar-refractivity contribution in [1.82, 2.24) is 5.32 Å². The Labute approximate surface area is 92.7 Å². The van der Waals surface area contributed by atoms with Gasteiger partial charge in [-0.3, -0.25) is 4.79 Å². The molecule has 3 N–H and O–H groups in total. The van der Waals surface area contributed by atoms with Crippen LogP contribution in [0, 0.1) is 0 Å².